The fraction of sp³-hybridized carbons (Fsp3) is 0.0370. The SMILES string of the molecule is Cc1cc(-c2nc3ncccc3o2)ccc1NC(=S)NC(=O)/C=C/c1ccc(-c2ccccc2)o1. The number of amides is 1. The number of thiocarbonyl (C=S) groups is 1. The molecule has 0 bridgehead atoms. The lowest BCUT2D eigenvalue weighted by atomic mass is 10.1. The van der Waals surface area contributed by atoms with E-state index in [1.165, 1.54) is 6.08 Å². The first-order valence-electron chi connectivity index (χ1n) is 10.8. The Morgan fingerprint density at radius 1 is 0.971 bits per heavy atom. The normalized spacial score (nSPS) is 11.1. The van der Waals surface area contributed by atoms with E-state index in [9.17, 15) is 4.79 Å². The Balaban J connectivity index is 1.20. The maximum atomic E-state index is 12.3. The second kappa shape index (κ2) is 9.74. The molecule has 172 valence electrons. The summed E-state index contributed by atoms with van der Waals surface area (Å²) < 4.78 is 11.6. The number of furan rings is 1. The van der Waals surface area contributed by atoms with E-state index in [-0.39, 0.29) is 11.0 Å². The number of hydrogen-bond donors (Lipinski definition) is 2. The topological polar surface area (TPSA) is 93.2 Å². The summed E-state index contributed by atoms with van der Waals surface area (Å²) in [4.78, 5) is 20.9. The third-order valence-corrected chi connectivity index (χ3v) is 5.41. The van der Waals surface area contributed by atoms with Gasteiger partial charge in [0.05, 0.1) is 0 Å². The lowest BCUT2D eigenvalue weighted by Crippen LogP contribution is -2.33. The van der Waals surface area contributed by atoms with Crippen molar-refractivity contribution in [2.45, 2.75) is 6.92 Å². The molecule has 2 aromatic carbocycles. The Hall–Kier alpha value is -4.56. The highest BCUT2D eigenvalue weighted by Crippen LogP contribution is 2.27. The van der Waals surface area contributed by atoms with E-state index in [1.807, 2.05) is 67.6 Å². The van der Waals surface area contributed by atoms with E-state index < -0.39 is 0 Å². The van der Waals surface area contributed by atoms with Crippen molar-refractivity contribution in [3.63, 3.8) is 0 Å². The molecule has 3 aromatic heterocycles. The Kier molecular flexibility index (Phi) is 6.19. The molecule has 8 heteroatoms. The van der Waals surface area contributed by atoms with E-state index in [0.717, 1.165) is 28.1 Å². The molecule has 7 nitrogen and oxygen atoms in total. The van der Waals surface area contributed by atoms with Crippen LogP contribution >= 0.6 is 12.2 Å². The average Bonchev–Trinajstić information content (AvgIpc) is 3.52. The van der Waals surface area contributed by atoms with Crippen LogP contribution in [0.4, 0.5) is 5.69 Å². The number of fused-ring (bicyclic) bond motifs is 1. The predicted octanol–water partition coefficient (Wildman–Crippen LogP) is 5.98. The summed E-state index contributed by atoms with van der Waals surface area (Å²) in [6.07, 6.45) is 4.65. The fourth-order valence-corrected chi connectivity index (χ4v) is 3.70. The molecule has 0 fully saturated rings. The molecular weight excluding hydrogens is 460 g/mol. The van der Waals surface area contributed by atoms with Crippen molar-refractivity contribution in [3.8, 4) is 22.8 Å². The van der Waals surface area contributed by atoms with Crippen LogP contribution in [0.3, 0.4) is 0 Å². The molecule has 0 radical (unpaired) electrons. The van der Waals surface area contributed by atoms with Gasteiger partial charge in [0.15, 0.2) is 16.3 Å². The lowest BCUT2D eigenvalue weighted by Gasteiger charge is -2.11. The van der Waals surface area contributed by atoms with E-state index in [4.69, 9.17) is 21.1 Å². The molecule has 1 amide bonds. The van der Waals surface area contributed by atoms with Crippen LogP contribution in [-0.4, -0.2) is 21.0 Å². The molecule has 5 aromatic rings. The zero-order chi connectivity index (χ0) is 24.2. The van der Waals surface area contributed by atoms with Crippen LogP contribution in [0.15, 0.2) is 93.9 Å². The average molecular weight is 481 g/mol. The Labute approximate surface area is 206 Å². The third kappa shape index (κ3) is 5.18. The lowest BCUT2D eigenvalue weighted by molar-refractivity contribution is -0.115. The molecule has 35 heavy (non-hydrogen) atoms. The van der Waals surface area contributed by atoms with Gasteiger partial charge < -0.3 is 14.2 Å². The van der Waals surface area contributed by atoms with Gasteiger partial charge in [0.25, 0.3) is 0 Å². The quantitative estimate of drug-likeness (QED) is 0.236. The van der Waals surface area contributed by atoms with Crippen LogP contribution in [0.2, 0.25) is 0 Å². The highest BCUT2D eigenvalue weighted by molar-refractivity contribution is 7.80. The van der Waals surface area contributed by atoms with Crippen LogP contribution in [0.25, 0.3) is 40.1 Å². The Bertz CT molecular complexity index is 1520. The first-order valence-corrected chi connectivity index (χ1v) is 11.2. The first kappa shape index (κ1) is 22.2. The Morgan fingerprint density at radius 3 is 2.63 bits per heavy atom. The van der Waals surface area contributed by atoms with Crippen molar-refractivity contribution in [2.75, 3.05) is 5.32 Å². The summed E-state index contributed by atoms with van der Waals surface area (Å²) in [5.41, 5.74) is 4.65. The highest BCUT2D eigenvalue weighted by atomic mass is 32.1. The number of carbonyl (C=O) groups excluding carboxylic acids is 1. The van der Waals surface area contributed by atoms with Gasteiger partial charge in [-0.15, -0.1) is 0 Å². The summed E-state index contributed by atoms with van der Waals surface area (Å²) in [7, 11) is 0. The number of hydrogen-bond acceptors (Lipinski definition) is 6. The molecule has 0 spiro atoms. The molecule has 2 N–H and O–H groups in total. The minimum absolute atomic E-state index is 0.186. The van der Waals surface area contributed by atoms with Gasteiger partial charge in [-0.05, 0) is 73.2 Å². The van der Waals surface area contributed by atoms with Crippen molar-refractivity contribution >= 4 is 46.2 Å². The smallest absolute Gasteiger partial charge is 0.250 e. The molecule has 0 aliphatic heterocycles. The van der Waals surface area contributed by atoms with Gasteiger partial charge in [0.2, 0.25) is 11.8 Å². The number of rotatable bonds is 5. The molecule has 0 aliphatic rings. The summed E-state index contributed by atoms with van der Waals surface area (Å²) in [6.45, 7) is 1.93. The van der Waals surface area contributed by atoms with Crippen LogP contribution in [0.5, 0.6) is 0 Å². The van der Waals surface area contributed by atoms with Gasteiger partial charge in [-0.1, -0.05) is 30.3 Å². The summed E-state index contributed by atoms with van der Waals surface area (Å²) in [6, 6.07) is 22.7. The molecule has 0 saturated heterocycles. The number of nitrogens with one attached hydrogen (secondary N) is 2. The fourth-order valence-electron chi connectivity index (χ4n) is 3.49. The summed E-state index contributed by atoms with van der Waals surface area (Å²) in [5, 5.41) is 5.88. The minimum Gasteiger partial charge on any atom is -0.457 e. The molecule has 3 heterocycles. The van der Waals surface area contributed by atoms with Gasteiger partial charge in [0, 0.05) is 29.1 Å². The number of carbonyl (C=O) groups is 1. The van der Waals surface area contributed by atoms with E-state index in [2.05, 4.69) is 20.6 Å². The number of benzene rings is 2. The molecule has 0 unspecified atom stereocenters. The highest BCUT2D eigenvalue weighted by Gasteiger charge is 2.11. The number of anilines is 1. The van der Waals surface area contributed by atoms with Gasteiger partial charge in [-0.3, -0.25) is 10.1 Å². The predicted molar refractivity (Wildman–Crippen MR) is 140 cm³/mol. The van der Waals surface area contributed by atoms with Crippen molar-refractivity contribution in [1.82, 2.24) is 15.3 Å². The van der Waals surface area contributed by atoms with Gasteiger partial charge in [-0.25, -0.2) is 4.98 Å². The number of nitrogens with zero attached hydrogens (tertiary/aromatic N) is 2. The molecule has 0 atom stereocenters. The molecular formula is C27H20N4O3S. The summed E-state index contributed by atoms with van der Waals surface area (Å²) >= 11 is 5.30. The second-order valence-electron chi connectivity index (χ2n) is 7.72. The minimum atomic E-state index is -0.367. The monoisotopic (exact) mass is 480 g/mol. The van der Waals surface area contributed by atoms with Crippen molar-refractivity contribution in [3.05, 3.63) is 96.4 Å². The van der Waals surface area contributed by atoms with E-state index >= 15 is 0 Å². The van der Waals surface area contributed by atoms with Crippen LogP contribution in [0.1, 0.15) is 11.3 Å². The van der Waals surface area contributed by atoms with Crippen molar-refractivity contribution in [2.24, 2.45) is 0 Å². The molecule has 0 aliphatic carbocycles. The number of pyridine rings is 1. The van der Waals surface area contributed by atoms with Crippen molar-refractivity contribution < 1.29 is 13.6 Å². The standard InChI is InChI=1S/C27H20N4O3S/c1-17-16-19(26-31-25-23(34-26)8-5-15-28-25)9-12-21(17)29-27(35)30-24(32)14-11-20-10-13-22(33-20)18-6-3-2-4-7-18/h2-16H,1H3,(H2,29,30,32,35)/b14-11+. The largest absolute Gasteiger partial charge is 0.457 e. The van der Waals surface area contributed by atoms with Gasteiger partial charge in [0.1, 0.15) is 11.5 Å². The first-order chi connectivity index (χ1) is 17.0. The third-order valence-electron chi connectivity index (χ3n) is 5.21. The number of oxazole rings is 1. The zero-order valence-corrected chi connectivity index (χ0v) is 19.5. The maximum absolute atomic E-state index is 12.3. The number of aromatic nitrogens is 2. The van der Waals surface area contributed by atoms with Crippen LogP contribution < -0.4 is 10.6 Å². The van der Waals surface area contributed by atoms with Crippen molar-refractivity contribution in [1.29, 1.82) is 0 Å². The molecule has 0 saturated carbocycles. The second-order valence-corrected chi connectivity index (χ2v) is 8.13. The molecule has 5 rings (SSSR count). The van der Waals surface area contributed by atoms with Crippen LogP contribution in [0, 0.1) is 6.92 Å². The van der Waals surface area contributed by atoms with Gasteiger partial charge >= 0.3 is 0 Å². The van der Waals surface area contributed by atoms with E-state index in [1.54, 1.807) is 24.4 Å². The maximum Gasteiger partial charge on any atom is 0.250 e. The van der Waals surface area contributed by atoms with Gasteiger partial charge in [-0.2, -0.15) is 4.98 Å². The Morgan fingerprint density at radius 2 is 1.83 bits per heavy atom. The number of aryl methyl sites for hydroxylation is 1. The van der Waals surface area contributed by atoms with Crippen LogP contribution in [-0.2, 0) is 4.79 Å². The zero-order valence-electron chi connectivity index (χ0n) is 18.7. The van der Waals surface area contributed by atoms with E-state index in [0.29, 0.717) is 22.9 Å². The summed E-state index contributed by atoms with van der Waals surface area (Å²) in [5.74, 6) is 1.42.